The molecule has 1 aromatic heterocycles. The van der Waals surface area contributed by atoms with E-state index in [4.69, 9.17) is 23.2 Å². The van der Waals surface area contributed by atoms with E-state index in [2.05, 4.69) is 17.3 Å². The van der Waals surface area contributed by atoms with Crippen molar-refractivity contribution in [1.29, 1.82) is 0 Å². The number of hydrogen-bond acceptors (Lipinski definition) is 2. The molecule has 1 atom stereocenters. The van der Waals surface area contributed by atoms with Crippen molar-refractivity contribution in [2.24, 2.45) is 7.05 Å². The molecule has 0 saturated carbocycles. The minimum Gasteiger partial charge on any atom is -0.305 e. The van der Waals surface area contributed by atoms with Crippen LogP contribution in [0.5, 0.6) is 0 Å². The van der Waals surface area contributed by atoms with E-state index in [1.54, 1.807) is 4.68 Å². The second-order valence-corrected chi connectivity index (χ2v) is 5.29. The fraction of sp³-hybridized carbons (Fsp3) is 0.357. The van der Waals surface area contributed by atoms with Crippen LogP contribution in [0.4, 0.5) is 0 Å². The predicted octanol–water partition coefficient (Wildman–Crippen LogP) is 3.82. The van der Waals surface area contributed by atoms with Gasteiger partial charge in [0.2, 0.25) is 0 Å². The van der Waals surface area contributed by atoms with Crippen molar-refractivity contribution in [3.63, 3.8) is 0 Å². The van der Waals surface area contributed by atoms with Crippen LogP contribution in [0.25, 0.3) is 0 Å². The van der Waals surface area contributed by atoms with E-state index in [0.29, 0.717) is 10.0 Å². The van der Waals surface area contributed by atoms with Gasteiger partial charge in [-0.25, -0.2) is 0 Å². The van der Waals surface area contributed by atoms with Crippen LogP contribution in [0.2, 0.25) is 10.0 Å². The SMILES string of the molecule is CCCNC(c1ccc(Cl)c(Cl)c1)c1ccn(C)n1. The van der Waals surface area contributed by atoms with Crippen LogP contribution in [0, 0.1) is 0 Å². The number of aromatic nitrogens is 2. The zero-order valence-corrected chi connectivity index (χ0v) is 12.5. The molecule has 0 amide bonds. The lowest BCUT2D eigenvalue weighted by atomic mass is 10.0. The van der Waals surface area contributed by atoms with Crippen molar-refractivity contribution in [1.82, 2.24) is 15.1 Å². The zero-order valence-electron chi connectivity index (χ0n) is 11.0. The summed E-state index contributed by atoms with van der Waals surface area (Å²) >= 11 is 12.1. The van der Waals surface area contributed by atoms with Gasteiger partial charge in [0.05, 0.1) is 21.8 Å². The third kappa shape index (κ3) is 3.50. The number of aryl methyl sites for hydroxylation is 1. The molecule has 3 nitrogen and oxygen atoms in total. The molecule has 0 saturated heterocycles. The van der Waals surface area contributed by atoms with Crippen molar-refractivity contribution in [3.8, 4) is 0 Å². The van der Waals surface area contributed by atoms with Gasteiger partial charge in [0.15, 0.2) is 0 Å². The summed E-state index contributed by atoms with van der Waals surface area (Å²) in [5.41, 5.74) is 2.05. The fourth-order valence-electron chi connectivity index (χ4n) is 1.96. The molecule has 5 heteroatoms. The van der Waals surface area contributed by atoms with Gasteiger partial charge in [0.1, 0.15) is 0 Å². The van der Waals surface area contributed by atoms with Gasteiger partial charge < -0.3 is 5.32 Å². The highest BCUT2D eigenvalue weighted by molar-refractivity contribution is 6.42. The number of halogens is 2. The monoisotopic (exact) mass is 297 g/mol. The van der Waals surface area contributed by atoms with Crippen molar-refractivity contribution in [2.45, 2.75) is 19.4 Å². The normalized spacial score (nSPS) is 12.6. The second kappa shape index (κ2) is 6.42. The van der Waals surface area contributed by atoms with E-state index in [-0.39, 0.29) is 6.04 Å². The Morgan fingerprint density at radius 2 is 2.05 bits per heavy atom. The molecule has 0 spiro atoms. The van der Waals surface area contributed by atoms with E-state index in [0.717, 1.165) is 24.2 Å². The van der Waals surface area contributed by atoms with Crippen LogP contribution in [0.15, 0.2) is 30.5 Å². The van der Waals surface area contributed by atoms with Crippen LogP contribution in [0.1, 0.15) is 30.6 Å². The van der Waals surface area contributed by atoms with Gasteiger partial charge >= 0.3 is 0 Å². The average Bonchev–Trinajstić information content (AvgIpc) is 2.80. The quantitative estimate of drug-likeness (QED) is 0.909. The Hall–Kier alpha value is -1.03. The highest BCUT2D eigenvalue weighted by atomic mass is 35.5. The maximum Gasteiger partial charge on any atom is 0.0839 e. The Morgan fingerprint density at radius 1 is 1.26 bits per heavy atom. The molecule has 2 aromatic rings. The van der Waals surface area contributed by atoms with Gasteiger partial charge in [-0.15, -0.1) is 0 Å². The maximum absolute atomic E-state index is 6.10. The van der Waals surface area contributed by atoms with Crippen molar-refractivity contribution in [3.05, 3.63) is 51.8 Å². The lowest BCUT2D eigenvalue weighted by molar-refractivity contribution is 0.575. The summed E-state index contributed by atoms with van der Waals surface area (Å²) in [6, 6.07) is 7.75. The van der Waals surface area contributed by atoms with Crippen molar-refractivity contribution in [2.75, 3.05) is 6.54 Å². The Labute approximate surface area is 123 Å². The molecular formula is C14H17Cl2N3. The highest BCUT2D eigenvalue weighted by Gasteiger charge is 2.16. The summed E-state index contributed by atoms with van der Waals surface area (Å²) in [6.45, 7) is 3.05. The lowest BCUT2D eigenvalue weighted by Crippen LogP contribution is -2.23. The predicted molar refractivity (Wildman–Crippen MR) is 79.8 cm³/mol. The molecule has 0 aliphatic carbocycles. The smallest absolute Gasteiger partial charge is 0.0839 e. The molecule has 1 N–H and O–H groups in total. The van der Waals surface area contributed by atoms with Gasteiger partial charge in [0, 0.05) is 13.2 Å². The highest BCUT2D eigenvalue weighted by Crippen LogP contribution is 2.28. The number of hydrogen-bond donors (Lipinski definition) is 1. The molecule has 102 valence electrons. The first kappa shape index (κ1) is 14.4. The summed E-state index contributed by atoms with van der Waals surface area (Å²) in [6.07, 6.45) is 3.00. The molecule has 0 aliphatic rings. The van der Waals surface area contributed by atoms with Gasteiger partial charge in [-0.2, -0.15) is 5.10 Å². The van der Waals surface area contributed by atoms with Gasteiger partial charge in [-0.1, -0.05) is 36.2 Å². The summed E-state index contributed by atoms with van der Waals surface area (Å²) in [4.78, 5) is 0. The second-order valence-electron chi connectivity index (χ2n) is 4.47. The molecule has 1 heterocycles. The molecule has 0 radical (unpaired) electrons. The molecule has 0 fully saturated rings. The Balaban J connectivity index is 2.33. The molecule has 0 aliphatic heterocycles. The van der Waals surface area contributed by atoms with Gasteiger partial charge in [-0.05, 0) is 36.7 Å². The number of rotatable bonds is 5. The van der Waals surface area contributed by atoms with Crippen LogP contribution < -0.4 is 5.32 Å². The lowest BCUT2D eigenvalue weighted by Gasteiger charge is -2.17. The Morgan fingerprint density at radius 3 is 2.63 bits per heavy atom. The van der Waals surface area contributed by atoms with E-state index in [1.807, 2.05) is 37.5 Å². The molecule has 1 aromatic carbocycles. The minimum atomic E-state index is 0.0379. The van der Waals surface area contributed by atoms with Gasteiger partial charge in [0.25, 0.3) is 0 Å². The topological polar surface area (TPSA) is 29.9 Å². The first-order valence-electron chi connectivity index (χ1n) is 6.29. The summed E-state index contributed by atoms with van der Waals surface area (Å²) < 4.78 is 1.80. The molecule has 0 bridgehead atoms. The third-order valence-corrected chi connectivity index (χ3v) is 3.64. The summed E-state index contributed by atoms with van der Waals surface area (Å²) in [7, 11) is 1.91. The van der Waals surface area contributed by atoms with Crippen molar-refractivity contribution >= 4 is 23.2 Å². The third-order valence-electron chi connectivity index (χ3n) is 2.91. The number of nitrogens with zero attached hydrogens (tertiary/aromatic N) is 2. The van der Waals surface area contributed by atoms with E-state index >= 15 is 0 Å². The number of nitrogens with one attached hydrogen (secondary N) is 1. The molecule has 19 heavy (non-hydrogen) atoms. The van der Waals surface area contributed by atoms with Crippen molar-refractivity contribution < 1.29 is 0 Å². The minimum absolute atomic E-state index is 0.0379. The first-order valence-corrected chi connectivity index (χ1v) is 7.05. The molecule has 2 rings (SSSR count). The standard InChI is InChI=1S/C14H17Cl2N3/c1-3-7-17-14(13-6-8-19(2)18-13)10-4-5-11(15)12(16)9-10/h4-6,8-9,14,17H,3,7H2,1-2H3. The Bertz CT molecular complexity index is 551. The van der Waals surface area contributed by atoms with Crippen LogP contribution in [-0.4, -0.2) is 16.3 Å². The van der Waals surface area contributed by atoms with E-state index < -0.39 is 0 Å². The largest absolute Gasteiger partial charge is 0.305 e. The fourth-order valence-corrected chi connectivity index (χ4v) is 2.27. The maximum atomic E-state index is 6.10. The summed E-state index contributed by atoms with van der Waals surface area (Å²) in [5.74, 6) is 0. The van der Waals surface area contributed by atoms with Crippen LogP contribution in [-0.2, 0) is 7.05 Å². The Kier molecular flexibility index (Phi) is 4.86. The summed E-state index contributed by atoms with van der Waals surface area (Å²) in [5, 5.41) is 9.09. The van der Waals surface area contributed by atoms with Crippen LogP contribution in [0.3, 0.4) is 0 Å². The molecular weight excluding hydrogens is 281 g/mol. The van der Waals surface area contributed by atoms with E-state index in [9.17, 15) is 0 Å². The zero-order chi connectivity index (χ0) is 13.8. The first-order chi connectivity index (χ1) is 9.11. The van der Waals surface area contributed by atoms with E-state index in [1.165, 1.54) is 0 Å². The van der Waals surface area contributed by atoms with Crippen LogP contribution >= 0.6 is 23.2 Å². The number of benzene rings is 1. The average molecular weight is 298 g/mol. The van der Waals surface area contributed by atoms with Gasteiger partial charge in [-0.3, -0.25) is 4.68 Å². The molecule has 1 unspecified atom stereocenters.